The summed E-state index contributed by atoms with van der Waals surface area (Å²) in [4.78, 5) is 17.0. The molecule has 1 amide bonds. The summed E-state index contributed by atoms with van der Waals surface area (Å²) in [6.45, 7) is 2.65. The maximum absolute atomic E-state index is 12.6. The number of carbonyl (C=O) groups is 1. The molecule has 0 aliphatic carbocycles. The van der Waals surface area contributed by atoms with Gasteiger partial charge in [-0.2, -0.15) is 5.26 Å². The van der Waals surface area contributed by atoms with E-state index in [0.717, 1.165) is 12.0 Å². The fraction of sp³-hybridized carbons (Fsp3) is 0.194. The number of allylic oxidation sites excluding steroid dienone is 1. The van der Waals surface area contributed by atoms with Crippen LogP contribution in [-0.4, -0.2) is 23.4 Å². The van der Waals surface area contributed by atoms with Crippen LogP contribution in [0.25, 0.3) is 10.9 Å². The highest BCUT2D eigenvalue weighted by molar-refractivity contribution is 6.32. The number of rotatable bonds is 12. The molecule has 0 unspecified atom stereocenters. The second-order valence-electron chi connectivity index (χ2n) is 8.72. The molecule has 40 heavy (non-hydrogen) atoms. The summed E-state index contributed by atoms with van der Waals surface area (Å²) in [7, 11) is 0. The van der Waals surface area contributed by atoms with E-state index in [1.807, 2.05) is 43.3 Å². The number of hydrogen-bond acceptors (Lipinski definition) is 6. The van der Waals surface area contributed by atoms with Crippen molar-refractivity contribution in [3.8, 4) is 17.6 Å². The Kier molecular flexibility index (Phi) is 10.2. The summed E-state index contributed by atoms with van der Waals surface area (Å²) in [6, 6.07) is 20.8. The van der Waals surface area contributed by atoms with E-state index in [2.05, 4.69) is 21.7 Å². The van der Waals surface area contributed by atoms with Crippen molar-refractivity contribution in [1.29, 1.82) is 5.26 Å². The van der Waals surface area contributed by atoms with Crippen molar-refractivity contribution >= 4 is 57.1 Å². The second kappa shape index (κ2) is 14.2. The maximum Gasteiger partial charge on any atom is 0.248 e. The normalized spacial score (nSPS) is 10.8. The molecule has 3 aromatic carbocycles. The topological polar surface area (TPSA) is 96.3 Å². The monoisotopic (exact) mass is 574 g/mol. The highest BCUT2D eigenvalue weighted by atomic mass is 35.5. The van der Waals surface area contributed by atoms with Crippen LogP contribution >= 0.6 is 23.2 Å². The van der Waals surface area contributed by atoms with E-state index in [-0.39, 0.29) is 5.91 Å². The van der Waals surface area contributed by atoms with Crippen molar-refractivity contribution in [3.05, 3.63) is 95.2 Å². The molecule has 0 spiro atoms. The molecule has 204 valence electrons. The predicted molar refractivity (Wildman–Crippen MR) is 161 cm³/mol. The quantitative estimate of drug-likeness (QED) is 0.101. The van der Waals surface area contributed by atoms with Gasteiger partial charge >= 0.3 is 0 Å². The van der Waals surface area contributed by atoms with Gasteiger partial charge in [0.25, 0.3) is 0 Å². The molecule has 4 rings (SSSR count). The number of amides is 1. The van der Waals surface area contributed by atoms with Gasteiger partial charge < -0.3 is 20.1 Å². The highest BCUT2D eigenvalue weighted by Crippen LogP contribution is 2.37. The smallest absolute Gasteiger partial charge is 0.248 e. The van der Waals surface area contributed by atoms with Gasteiger partial charge in [-0.1, -0.05) is 48.0 Å². The van der Waals surface area contributed by atoms with Gasteiger partial charge in [0.15, 0.2) is 0 Å². The van der Waals surface area contributed by atoms with E-state index in [9.17, 15) is 10.1 Å². The molecule has 2 N–H and O–H groups in total. The molecular formula is C31H28Cl2N4O3. The van der Waals surface area contributed by atoms with Gasteiger partial charge in [-0.15, -0.1) is 11.6 Å². The van der Waals surface area contributed by atoms with Gasteiger partial charge in [-0.05, 0) is 55.7 Å². The number of hydrogen-bond donors (Lipinski definition) is 2. The second-order valence-corrected chi connectivity index (χ2v) is 9.51. The summed E-state index contributed by atoms with van der Waals surface area (Å²) in [5.41, 5.74) is 3.59. The molecule has 0 fully saturated rings. The number of benzene rings is 3. The summed E-state index contributed by atoms with van der Waals surface area (Å²) in [5.74, 6) is 1.25. The van der Waals surface area contributed by atoms with Gasteiger partial charge in [0.05, 0.1) is 34.1 Å². The van der Waals surface area contributed by atoms with E-state index < -0.39 is 0 Å². The van der Waals surface area contributed by atoms with Crippen LogP contribution in [0.1, 0.15) is 30.9 Å². The van der Waals surface area contributed by atoms with Crippen molar-refractivity contribution in [2.24, 2.45) is 0 Å². The lowest BCUT2D eigenvalue weighted by molar-refractivity contribution is -0.111. The first kappa shape index (κ1) is 28.8. The SMILES string of the molecule is CCOc1cc2ncc(C#N)c(Nc3ccc(OCc4ccccc4)c(Cl)c3)c2cc1NC(=O)/C=C/CCCCl. The molecule has 0 atom stereocenters. The third-order valence-corrected chi connectivity index (χ3v) is 6.42. The van der Waals surface area contributed by atoms with Gasteiger partial charge in [-0.3, -0.25) is 9.78 Å². The Labute approximate surface area is 243 Å². The van der Waals surface area contributed by atoms with Crippen LogP contribution < -0.4 is 20.1 Å². The van der Waals surface area contributed by atoms with E-state index >= 15 is 0 Å². The van der Waals surface area contributed by atoms with E-state index in [1.54, 1.807) is 30.3 Å². The summed E-state index contributed by atoms with van der Waals surface area (Å²) >= 11 is 12.2. The molecule has 0 saturated carbocycles. The molecule has 1 heterocycles. The van der Waals surface area contributed by atoms with E-state index in [1.165, 1.54) is 12.3 Å². The number of aromatic nitrogens is 1. The molecule has 0 bridgehead atoms. The molecule has 7 nitrogen and oxygen atoms in total. The van der Waals surface area contributed by atoms with Crippen LogP contribution in [0.5, 0.6) is 11.5 Å². The number of carbonyl (C=O) groups excluding carboxylic acids is 1. The van der Waals surface area contributed by atoms with Crippen molar-refractivity contribution in [1.82, 2.24) is 4.98 Å². The van der Waals surface area contributed by atoms with Crippen molar-refractivity contribution in [2.75, 3.05) is 23.1 Å². The van der Waals surface area contributed by atoms with Gasteiger partial charge in [0.2, 0.25) is 5.91 Å². The molecule has 0 radical (unpaired) electrons. The first-order chi connectivity index (χ1) is 19.5. The molecular weight excluding hydrogens is 547 g/mol. The zero-order valence-corrected chi connectivity index (χ0v) is 23.4. The summed E-state index contributed by atoms with van der Waals surface area (Å²) in [6.07, 6.45) is 6.23. The number of unbranched alkanes of at least 4 members (excludes halogenated alkanes) is 1. The van der Waals surface area contributed by atoms with Gasteiger partial charge in [0.1, 0.15) is 24.2 Å². The maximum atomic E-state index is 12.6. The van der Waals surface area contributed by atoms with Crippen LogP contribution in [0.15, 0.2) is 79.0 Å². The molecule has 1 aromatic heterocycles. The van der Waals surface area contributed by atoms with Crippen LogP contribution in [0, 0.1) is 11.3 Å². The number of nitrogens with one attached hydrogen (secondary N) is 2. The molecule has 9 heteroatoms. The number of nitriles is 1. The lowest BCUT2D eigenvalue weighted by Gasteiger charge is -2.16. The number of nitrogens with zero attached hydrogens (tertiary/aromatic N) is 2. The number of pyridine rings is 1. The Morgan fingerprint density at radius 3 is 2.65 bits per heavy atom. The van der Waals surface area contributed by atoms with Crippen LogP contribution in [0.4, 0.5) is 17.1 Å². The molecule has 0 aliphatic heterocycles. The number of ether oxygens (including phenoxy) is 2. The fourth-order valence-corrected chi connectivity index (χ4v) is 4.34. The third-order valence-electron chi connectivity index (χ3n) is 5.86. The van der Waals surface area contributed by atoms with Crippen molar-refractivity contribution < 1.29 is 14.3 Å². The Morgan fingerprint density at radius 2 is 1.93 bits per heavy atom. The lowest BCUT2D eigenvalue weighted by atomic mass is 10.1. The van der Waals surface area contributed by atoms with Crippen molar-refractivity contribution in [3.63, 3.8) is 0 Å². The number of anilines is 3. The standard InChI is InChI=1S/C31H28Cl2N4O3/c1-2-39-29-17-26-24(16-27(29)37-30(38)11-7-4-8-14-32)31(22(18-34)19-35-26)36-23-12-13-28(25(33)15-23)40-20-21-9-5-3-6-10-21/h3,5-7,9-13,15-17,19H,2,4,8,14,20H2,1H3,(H,35,36)(H,37,38)/b11-7+. The third kappa shape index (κ3) is 7.44. The average molecular weight is 575 g/mol. The molecule has 4 aromatic rings. The molecule has 0 aliphatic rings. The number of alkyl halides is 1. The lowest BCUT2D eigenvalue weighted by Crippen LogP contribution is -2.10. The predicted octanol–water partition coefficient (Wildman–Crippen LogP) is 7.99. The Hall–Kier alpha value is -4.25. The number of halogens is 2. The Bertz CT molecular complexity index is 1550. The molecule has 0 saturated heterocycles. The van der Waals surface area contributed by atoms with Crippen molar-refractivity contribution in [2.45, 2.75) is 26.4 Å². The minimum Gasteiger partial charge on any atom is -0.492 e. The summed E-state index contributed by atoms with van der Waals surface area (Å²) < 4.78 is 11.7. The van der Waals surface area contributed by atoms with E-state index in [0.29, 0.717) is 75.6 Å². The Morgan fingerprint density at radius 1 is 1.10 bits per heavy atom. The van der Waals surface area contributed by atoms with Gasteiger partial charge in [-0.25, -0.2) is 0 Å². The number of fused-ring (bicyclic) bond motifs is 1. The van der Waals surface area contributed by atoms with E-state index in [4.69, 9.17) is 32.7 Å². The average Bonchev–Trinajstić information content (AvgIpc) is 2.96. The minimum atomic E-state index is -0.299. The van der Waals surface area contributed by atoms with Crippen LogP contribution in [-0.2, 0) is 11.4 Å². The zero-order valence-electron chi connectivity index (χ0n) is 21.9. The highest BCUT2D eigenvalue weighted by Gasteiger charge is 2.16. The largest absolute Gasteiger partial charge is 0.492 e. The van der Waals surface area contributed by atoms with Crippen LogP contribution in [0.3, 0.4) is 0 Å². The first-order valence-electron chi connectivity index (χ1n) is 12.8. The Balaban J connectivity index is 1.63. The van der Waals surface area contributed by atoms with Crippen LogP contribution in [0.2, 0.25) is 5.02 Å². The minimum absolute atomic E-state index is 0.299. The fourth-order valence-electron chi connectivity index (χ4n) is 3.95. The zero-order chi connectivity index (χ0) is 28.3. The summed E-state index contributed by atoms with van der Waals surface area (Å²) in [5, 5.41) is 17.1. The van der Waals surface area contributed by atoms with Gasteiger partial charge in [0, 0.05) is 29.2 Å². The first-order valence-corrected chi connectivity index (χ1v) is 13.7.